The van der Waals surface area contributed by atoms with Crippen LogP contribution in [0.1, 0.15) is 6.42 Å². The average molecular weight is 324 g/mol. The average Bonchev–Trinajstić information content (AvgIpc) is 2.82. The van der Waals surface area contributed by atoms with E-state index in [-0.39, 0.29) is 28.0 Å². The van der Waals surface area contributed by atoms with Crippen molar-refractivity contribution in [1.29, 1.82) is 0 Å². The molecule has 1 fully saturated rings. The van der Waals surface area contributed by atoms with Crippen LogP contribution in [-0.2, 0) is 14.8 Å². The molecule has 1 saturated heterocycles. The number of carbonyl (C=O) groups is 1. The van der Waals surface area contributed by atoms with Crippen molar-refractivity contribution in [2.24, 2.45) is 5.92 Å². The highest BCUT2D eigenvalue weighted by Crippen LogP contribution is 2.29. The summed E-state index contributed by atoms with van der Waals surface area (Å²) in [6.45, 7) is 0.178. The van der Waals surface area contributed by atoms with E-state index in [0.29, 0.717) is 6.42 Å². The lowest BCUT2D eigenvalue weighted by Crippen LogP contribution is -2.30. The van der Waals surface area contributed by atoms with Crippen molar-refractivity contribution in [3.05, 3.63) is 28.2 Å². The van der Waals surface area contributed by atoms with Crippen LogP contribution >= 0.6 is 23.2 Å². The van der Waals surface area contributed by atoms with Crippen molar-refractivity contribution in [2.45, 2.75) is 11.3 Å². The molecule has 1 aliphatic heterocycles. The van der Waals surface area contributed by atoms with Gasteiger partial charge in [0.25, 0.3) is 0 Å². The summed E-state index contributed by atoms with van der Waals surface area (Å²) >= 11 is 11.5. The summed E-state index contributed by atoms with van der Waals surface area (Å²) in [6.07, 6.45) is 0.315. The normalized spacial score (nSPS) is 20.6. The molecule has 104 valence electrons. The fraction of sp³-hybridized carbons (Fsp3) is 0.364. The summed E-state index contributed by atoms with van der Waals surface area (Å²) in [5, 5.41) is 9.31. The molecule has 1 heterocycles. The van der Waals surface area contributed by atoms with Gasteiger partial charge < -0.3 is 5.11 Å². The van der Waals surface area contributed by atoms with Crippen molar-refractivity contribution in [2.75, 3.05) is 13.1 Å². The molecule has 0 spiro atoms. The van der Waals surface area contributed by atoms with Crippen molar-refractivity contribution < 1.29 is 18.3 Å². The Morgan fingerprint density at radius 2 is 2.00 bits per heavy atom. The fourth-order valence-electron chi connectivity index (χ4n) is 1.93. The van der Waals surface area contributed by atoms with Crippen molar-refractivity contribution in [3.8, 4) is 0 Å². The summed E-state index contributed by atoms with van der Waals surface area (Å²) in [5.41, 5.74) is 0. The molecule has 5 nitrogen and oxygen atoms in total. The third kappa shape index (κ3) is 2.86. The second-order valence-electron chi connectivity index (χ2n) is 4.26. The van der Waals surface area contributed by atoms with E-state index in [1.54, 1.807) is 0 Å². The van der Waals surface area contributed by atoms with Gasteiger partial charge in [-0.3, -0.25) is 4.79 Å². The lowest BCUT2D eigenvalue weighted by molar-refractivity contribution is -0.141. The Morgan fingerprint density at radius 1 is 1.32 bits per heavy atom. The van der Waals surface area contributed by atoms with Gasteiger partial charge >= 0.3 is 5.97 Å². The maximum absolute atomic E-state index is 12.3. The number of aliphatic carboxylic acids is 1. The number of hydrogen-bond donors (Lipinski definition) is 1. The monoisotopic (exact) mass is 323 g/mol. The fourth-order valence-corrected chi connectivity index (χ4v) is 3.82. The molecule has 2 rings (SSSR count). The molecule has 1 aromatic carbocycles. The Kier molecular flexibility index (Phi) is 4.06. The van der Waals surface area contributed by atoms with Gasteiger partial charge in [-0.1, -0.05) is 23.2 Å². The zero-order valence-corrected chi connectivity index (χ0v) is 12.0. The highest BCUT2D eigenvalue weighted by atomic mass is 35.5. The number of carboxylic acid groups (broad SMARTS) is 1. The number of halogens is 2. The van der Waals surface area contributed by atoms with Crippen LogP contribution in [0.2, 0.25) is 10.0 Å². The largest absolute Gasteiger partial charge is 0.481 e. The Labute approximate surface area is 120 Å². The van der Waals surface area contributed by atoms with E-state index in [9.17, 15) is 13.2 Å². The second kappa shape index (κ2) is 5.28. The third-order valence-corrected chi connectivity index (χ3v) is 5.63. The zero-order valence-electron chi connectivity index (χ0n) is 9.71. The van der Waals surface area contributed by atoms with E-state index in [2.05, 4.69) is 0 Å². The quantitative estimate of drug-likeness (QED) is 0.924. The van der Waals surface area contributed by atoms with E-state index in [1.165, 1.54) is 18.2 Å². The lowest BCUT2D eigenvalue weighted by Gasteiger charge is -2.16. The summed E-state index contributed by atoms with van der Waals surface area (Å²) in [6, 6.07) is 4.03. The van der Waals surface area contributed by atoms with E-state index in [4.69, 9.17) is 28.3 Å². The highest BCUT2D eigenvalue weighted by Gasteiger charge is 2.35. The zero-order chi connectivity index (χ0) is 14.2. The minimum Gasteiger partial charge on any atom is -0.481 e. The van der Waals surface area contributed by atoms with Crippen molar-refractivity contribution >= 4 is 39.2 Å². The summed E-state index contributed by atoms with van der Waals surface area (Å²) in [4.78, 5) is 10.9. The molecule has 0 amide bonds. The van der Waals surface area contributed by atoms with Crippen LogP contribution in [0, 0.1) is 5.92 Å². The highest BCUT2D eigenvalue weighted by molar-refractivity contribution is 7.89. The SMILES string of the molecule is O=C(O)[C@@H]1CCN(S(=O)(=O)c2ccc(Cl)c(Cl)c2)C1. The van der Waals surface area contributed by atoms with Crippen LogP contribution in [0.25, 0.3) is 0 Å². The molecule has 0 bridgehead atoms. The summed E-state index contributed by atoms with van der Waals surface area (Å²) in [7, 11) is -3.72. The minimum absolute atomic E-state index is 0.0160. The Bertz CT molecular complexity index is 617. The number of rotatable bonds is 3. The molecule has 1 N–H and O–H groups in total. The number of benzene rings is 1. The third-order valence-electron chi connectivity index (χ3n) is 3.03. The molecular weight excluding hydrogens is 313 g/mol. The van der Waals surface area contributed by atoms with Gasteiger partial charge in [-0.05, 0) is 24.6 Å². The lowest BCUT2D eigenvalue weighted by atomic mass is 10.1. The smallest absolute Gasteiger partial charge is 0.307 e. The second-order valence-corrected chi connectivity index (χ2v) is 7.02. The maximum Gasteiger partial charge on any atom is 0.307 e. The molecule has 1 aliphatic rings. The van der Waals surface area contributed by atoms with Crippen LogP contribution in [-0.4, -0.2) is 36.9 Å². The molecule has 0 aromatic heterocycles. The topological polar surface area (TPSA) is 74.7 Å². The number of carboxylic acids is 1. The van der Waals surface area contributed by atoms with Crippen LogP contribution in [0.3, 0.4) is 0 Å². The molecular formula is C11H11Cl2NO4S. The van der Waals surface area contributed by atoms with Crippen LogP contribution < -0.4 is 0 Å². The van der Waals surface area contributed by atoms with E-state index >= 15 is 0 Å². The van der Waals surface area contributed by atoms with Gasteiger partial charge in [0.15, 0.2) is 0 Å². The first kappa shape index (κ1) is 14.6. The number of sulfonamides is 1. The standard InChI is InChI=1S/C11H11Cl2NO4S/c12-9-2-1-8(5-10(9)13)19(17,18)14-4-3-7(6-14)11(15)16/h1-2,5,7H,3-4,6H2,(H,15,16)/t7-/m1/s1. The van der Waals surface area contributed by atoms with Crippen LogP contribution in [0.15, 0.2) is 23.1 Å². The Balaban J connectivity index is 2.28. The van der Waals surface area contributed by atoms with E-state index in [1.807, 2.05) is 0 Å². The summed E-state index contributed by atoms with van der Waals surface area (Å²) < 4.78 is 25.8. The maximum atomic E-state index is 12.3. The predicted octanol–water partition coefficient (Wildman–Crippen LogP) is 2.09. The molecule has 8 heteroatoms. The molecule has 19 heavy (non-hydrogen) atoms. The predicted molar refractivity (Wildman–Crippen MR) is 71.0 cm³/mol. The molecule has 1 aromatic rings. The van der Waals surface area contributed by atoms with Gasteiger partial charge in [-0.25, -0.2) is 8.42 Å². The van der Waals surface area contributed by atoms with Crippen molar-refractivity contribution in [3.63, 3.8) is 0 Å². The van der Waals surface area contributed by atoms with Gasteiger partial charge in [0.1, 0.15) is 0 Å². The molecule has 0 aliphatic carbocycles. The molecule has 1 atom stereocenters. The molecule has 0 radical (unpaired) electrons. The first-order valence-electron chi connectivity index (χ1n) is 5.50. The molecule has 0 saturated carbocycles. The number of hydrogen-bond acceptors (Lipinski definition) is 3. The van der Waals surface area contributed by atoms with Crippen LogP contribution in [0.5, 0.6) is 0 Å². The van der Waals surface area contributed by atoms with E-state index < -0.39 is 21.9 Å². The molecule has 0 unspecified atom stereocenters. The first-order valence-corrected chi connectivity index (χ1v) is 7.70. The van der Waals surface area contributed by atoms with Crippen LogP contribution in [0.4, 0.5) is 0 Å². The number of nitrogens with zero attached hydrogens (tertiary/aromatic N) is 1. The summed E-state index contributed by atoms with van der Waals surface area (Å²) in [5.74, 6) is -1.63. The minimum atomic E-state index is -3.72. The first-order chi connectivity index (χ1) is 8.82. The van der Waals surface area contributed by atoms with Gasteiger partial charge in [-0.15, -0.1) is 0 Å². The van der Waals surface area contributed by atoms with Gasteiger partial charge in [0.05, 0.1) is 20.9 Å². The Hall–Kier alpha value is -0.820. The Morgan fingerprint density at radius 3 is 2.53 bits per heavy atom. The van der Waals surface area contributed by atoms with Gasteiger partial charge in [-0.2, -0.15) is 4.31 Å². The van der Waals surface area contributed by atoms with Gasteiger partial charge in [0.2, 0.25) is 10.0 Å². The van der Waals surface area contributed by atoms with Crippen molar-refractivity contribution in [1.82, 2.24) is 4.31 Å². The van der Waals surface area contributed by atoms with E-state index in [0.717, 1.165) is 4.31 Å². The van der Waals surface area contributed by atoms with Gasteiger partial charge in [0, 0.05) is 13.1 Å².